The van der Waals surface area contributed by atoms with E-state index in [1.54, 1.807) is 11.3 Å². The molecular weight excluding hydrogens is 244 g/mol. The summed E-state index contributed by atoms with van der Waals surface area (Å²) < 4.78 is 1.32. The minimum Gasteiger partial charge on any atom is -0.392 e. The fourth-order valence-electron chi connectivity index (χ4n) is 2.15. The molecule has 1 aromatic carbocycles. The minimum atomic E-state index is -0.329. The van der Waals surface area contributed by atoms with Gasteiger partial charge in [0.15, 0.2) is 0 Å². The summed E-state index contributed by atoms with van der Waals surface area (Å²) in [5.74, 6) is 0. The molecule has 1 unspecified atom stereocenters. The number of hydrogen-bond donors (Lipinski definition) is 2. The van der Waals surface area contributed by atoms with Crippen molar-refractivity contribution in [2.24, 2.45) is 5.73 Å². The van der Waals surface area contributed by atoms with E-state index < -0.39 is 0 Å². The molecule has 1 atom stereocenters. The van der Waals surface area contributed by atoms with Crippen LogP contribution in [0, 0.1) is 0 Å². The van der Waals surface area contributed by atoms with Crippen molar-refractivity contribution in [2.75, 3.05) is 20.1 Å². The summed E-state index contributed by atoms with van der Waals surface area (Å²) in [6, 6.07) is 8.44. The molecule has 0 aliphatic rings. The van der Waals surface area contributed by atoms with Crippen LogP contribution in [0.5, 0.6) is 0 Å². The lowest BCUT2D eigenvalue weighted by Crippen LogP contribution is -2.30. The first-order valence-electron chi connectivity index (χ1n) is 6.22. The van der Waals surface area contributed by atoms with Crippen molar-refractivity contribution in [3.63, 3.8) is 0 Å². The highest BCUT2D eigenvalue weighted by atomic mass is 32.1. The first kappa shape index (κ1) is 13.5. The second-order valence-corrected chi connectivity index (χ2v) is 5.60. The molecule has 0 spiro atoms. The molecular formula is C14H20N2OS. The Morgan fingerprint density at radius 2 is 2.17 bits per heavy atom. The average Bonchev–Trinajstić information content (AvgIpc) is 2.73. The van der Waals surface area contributed by atoms with Gasteiger partial charge in [-0.2, -0.15) is 0 Å². The Labute approximate surface area is 112 Å². The summed E-state index contributed by atoms with van der Waals surface area (Å²) in [4.78, 5) is 2.15. The number of likely N-dealkylation sites (N-methyl/N-ethyl adjacent to an activating group) is 1. The minimum absolute atomic E-state index is 0.329. The molecule has 0 fully saturated rings. The highest BCUT2D eigenvalue weighted by Gasteiger charge is 2.10. The van der Waals surface area contributed by atoms with Crippen molar-refractivity contribution < 1.29 is 5.11 Å². The van der Waals surface area contributed by atoms with Gasteiger partial charge < -0.3 is 10.8 Å². The number of nitrogens with two attached hydrogens (primary N) is 1. The van der Waals surface area contributed by atoms with Gasteiger partial charge in [0.25, 0.3) is 0 Å². The molecule has 3 N–H and O–H groups in total. The van der Waals surface area contributed by atoms with Gasteiger partial charge in [0.05, 0.1) is 6.10 Å². The zero-order chi connectivity index (χ0) is 13.0. The number of hydrogen-bond acceptors (Lipinski definition) is 4. The Morgan fingerprint density at radius 3 is 2.94 bits per heavy atom. The number of benzene rings is 1. The molecule has 0 radical (unpaired) electrons. The van der Waals surface area contributed by atoms with Crippen LogP contribution in [-0.4, -0.2) is 36.2 Å². The Balaban J connectivity index is 2.00. The van der Waals surface area contributed by atoms with Gasteiger partial charge in [-0.25, -0.2) is 0 Å². The summed E-state index contributed by atoms with van der Waals surface area (Å²) in [6.45, 7) is 2.07. The van der Waals surface area contributed by atoms with Crippen LogP contribution in [0.4, 0.5) is 0 Å². The monoisotopic (exact) mass is 264 g/mol. The Bertz CT molecular complexity index is 497. The molecule has 0 amide bonds. The second-order valence-electron chi connectivity index (χ2n) is 4.69. The van der Waals surface area contributed by atoms with Crippen molar-refractivity contribution >= 4 is 21.4 Å². The van der Waals surface area contributed by atoms with E-state index >= 15 is 0 Å². The Morgan fingerprint density at radius 1 is 1.39 bits per heavy atom. The van der Waals surface area contributed by atoms with Crippen molar-refractivity contribution in [1.82, 2.24) is 4.90 Å². The molecule has 0 aliphatic carbocycles. The number of thiophene rings is 1. The highest BCUT2D eigenvalue weighted by Crippen LogP contribution is 2.26. The summed E-state index contributed by atoms with van der Waals surface area (Å²) in [5, 5.41) is 13.3. The third-order valence-electron chi connectivity index (χ3n) is 3.02. The van der Waals surface area contributed by atoms with Gasteiger partial charge in [-0.15, -0.1) is 11.3 Å². The van der Waals surface area contributed by atoms with Gasteiger partial charge in [0.2, 0.25) is 0 Å². The maximum Gasteiger partial charge on any atom is 0.0679 e. The number of aliphatic hydroxyl groups is 1. The molecule has 0 saturated heterocycles. The molecule has 2 rings (SSSR count). The van der Waals surface area contributed by atoms with E-state index in [0.717, 1.165) is 6.54 Å². The van der Waals surface area contributed by atoms with Gasteiger partial charge in [0, 0.05) is 17.8 Å². The Hall–Kier alpha value is -0.940. The Kier molecular flexibility index (Phi) is 4.72. The molecule has 4 heteroatoms. The lowest BCUT2D eigenvalue weighted by Gasteiger charge is -2.19. The zero-order valence-electron chi connectivity index (χ0n) is 10.7. The summed E-state index contributed by atoms with van der Waals surface area (Å²) in [5.41, 5.74) is 6.77. The van der Waals surface area contributed by atoms with E-state index in [-0.39, 0.29) is 6.10 Å². The predicted molar refractivity (Wildman–Crippen MR) is 77.8 cm³/mol. The molecule has 3 nitrogen and oxygen atoms in total. The summed E-state index contributed by atoms with van der Waals surface area (Å²) >= 11 is 1.78. The van der Waals surface area contributed by atoms with Crippen LogP contribution in [0.25, 0.3) is 10.1 Å². The maximum absolute atomic E-state index is 9.74. The van der Waals surface area contributed by atoms with Gasteiger partial charge in [-0.1, -0.05) is 18.2 Å². The van der Waals surface area contributed by atoms with Crippen molar-refractivity contribution in [1.29, 1.82) is 0 Å². The molecule has 98 valence electrons. The number of aliphatic hydroxyl groups excluding tert-OH is 1. The van der Waals surface area contributed by atoms with E-state index in [4.69, 9.17) is 5.73 Å². The normalized spacial score (nSPS) is 13.3. The number of fused-ring (bicyclic) bond motifs is 1. The fourth-order valence-corrected chi connectivity index (χ4v) is 3.11. The second kappa shape index (κ2) is 6.29. The standard InChI is InChI=1S/C14H20N2OS/c1-16(9-12(17)6-7-15)8-11-10-18-14-5-3-2-4-13(11)14/h2-5,10,12,17H,6-9,15H2,1H3. The van der Waals surface area contributed by atoms with Crippen LogP contribution in [-0.2, 0) is 6.54 Å². The third kappa shape index (κ3) is 3.29. The van der Waals surface area contributed by atoms with Crippen LogP contribution in [0.3, 0.4) is 0 Å². The first-order chi connectivity index (χ1) is 8.70. The quantitative estimate of drug-likeness (QED) is 0.839. The molecule has 18 heavy (non-hydrogen) atoms. The summed E-state index contributed by atoms with van der Waals surface area (Å²) in [6.07, 6.45) is 0.333. The lowest BCUT2D eigenvalue weighted by atomic mass is 10.1. The highest BCUT2D eigenvalue weighted by molar-refractivity contribution is 7.17. The SMILES string of the molecule is CN(Cc1csc2ccccc12)CC(O)CCN. The van der Waals surface area contributed by atoms with Gasteiger partial charge in [-0.3, -0.25) is 4.90 Å². The van der Waals surface area contributed by atoms with Gasteiger partial charge in [0.1, 0.15) is 0 Å². The maximum atomic E-state index is 9.74. The molecule has 1 aromatic heterocycles. The van der Waals surface area contributed by atoms with Crippen molar-refractivity contribution in [2.45, 2.75) is 19.1 Å². The van der Waals surface area contributed by atoms with Crippen LogP contribution in [0.2, 0.25) is 0 Å². The third-order valence-corrected chi connectivity index (χ3v) is 4.04. The van der Waals surface area contributed by atoms with E-state index in [0.29, 0.717) is 19.5 Å². The first-order valence-corrected chi connectivity index (χ1v) is 7.10. The molecule has 0 saturated carbocycles. The van der Waals surface area contributed by atoms with Crippen molar-refractivity contribution in [3.05, 3.63) is 35.2 Å². The van der Waals surface area contributed by atoms with Gasteiger partial charge >= 0.3 is 0 Å². The molecule has 2 aromatic rings. The van der Waals surface area contributed by atoms with E-state index in [2.05, 4.69) is 34.5 Å². The topological polar surface area (TPSA) is 49.5 Å². The van der Waals surface area contributed by atoms with Gasteiger partial charge in [-0.05, 0) is 42.4 Å². The van der Waals surface area contributed by atoms with E-state index in [1.807, 2.05) is 7.05 Å². The molecule has 0 aliphatic heterocycles. The lowest BCUT2D eigenvalue weighted by molar-refractivity contribution is 0.117. The van der Waals surface area contributed by atoms with Crippen LogP contribution < -0.4 is 5.73 Å². The molecule has 1 heterocycles. The number of rotatable bonds is 6. The molecule has 0 bridgehead atoms. The number of nitrogens with zero attached hydrogens (tertiary/aromatic N) is 1. The van der Waals surface area contributed by atoms with Crippen LogP contribution in [0.1, 0.15) is 12.0 Å². The fraction of sp³-hybridized carbons (Fsp3) is 0.429. The van der Waals surface area contributed by atoms with Crippen molar-refractivity contribution in [3.8, 4) is 0 Å². The van der Waals surface area contributed by atoms with E-state index in [9.17, 15) is 5.11 Å². The van der Waals surface area contributed by atoms with Crippen LogP contribution >= 0.6 is 11.3 Å². The predicted octanol–water partition coefficient (Wildman–Crippen LogP) is 2.04. The largest absolute Gasteiger partial charge is 0.392 e. The average molecular weight is 264 g/mol. The smallest absolute Gasteiger partial charge is 0.0679 e. The van der Waals surface area contributed by atoms with Crippen LogP contribution in [0.15, 0.2) is 29.6 Å². The van der Waals surface area contributed by atoms with E-state index in [1.165, 1.54) is 15.6 Å². The zero-order valence-corrected chi connectivity index (χ0v) is 11.5. The summed E-state index contributed by atoms with van der Waals surface area (Å²) in [7, 11) is 2.03.